The van der Waals surface area contributed by atoms with Crippen molar-refractivity contribution in [1.82, 2.24) is 4.90 Å². The van der Waals surface area contributed by atoms with Crippen LogP contribution in [0.25, 0.3) is 0 Å². The van der Waals surface area contributed by atoms with Gasteiger partial charge in [-0.2, -0.15) is 0 Å². The highest BCUT2D eigenvalue weighted by Crippen LogP contribution is 2.29. The van der Waals surface area contributed by atoms with E-state index in [1.54, 1.807) is 14.2 Å². The molecule has 30 heavy (non-hydrogen) atoms. The lowest BCUT2D eigenvalue weighted by Crippen LogP contribution is -2.32. The Morgan fingerprint density at radius 2 is 1.67 bits per heavy atom. The SMILES string of the molecule is COc1ccc(NC(N)=NCc2ccc(CN3CCC(C)CC3)cc2)cc1OC.I. The van der Waals surface area contributed by atoms with E-state index < -0.39 is 0 Å². The molecule has 6 nitrogen and oxygen atoms in total. The second-order valence-corrected chi connectivity index (χ2v) is 7.67. The van der Waals surface area contributed by atoms with Crippen molar-refractivity contribution >= 4 is 35.6 Å². The van der Waals surface area contributed by atoms with E-state index >= 15 is 0 Å². The first-order valence-electron chi connectivity index (χ1n) is 10.2. The Balaban J connectivity index is 0.00000320. The van der Waals surface area contributed by atoms with Crippen LogP contribution in [-0.2, 0) is 13.1 Å². The molecule has 7 heteroatoms. The van der Waals surface area contributed by atoms with E-state index in [-0.39, 0.29) is 24.0 Å². The van der Waals surface area contributed by atoms with Crippen molar-refractivity contribution in [3.63, 3.8) is 0 Å². The van der Waals surface area contributed by atoms with E-state index in [0.29, 0.717) is 24.0 Å². The maximum absolute atomic E-state index is 6.04. The predicted octanol–water partition coefficient (Wildman–Crippen LogP) is 4.48. The molecule has 2 aromatic carbocycles. The number of halogens is 1. The maximum atomic E-state index is 6.04. The van der Waals surface area contributed by atoms with Gasteiger partial charge in [0.25, 0.3) is 0 Å². The fraction of sp³-hybridized carbons (Fsp3) is 0.435. The predicted molar refractivity (Wildman–Crippen MR) is 134 cm³/mol. The van der Waals surface area contributed by atoms with Gasteiger partial charge in [-0.05, 0) is 55.1 Å². The number of methoxy groups -OCH3 is 2. The number of nitrogens with two attached hydrogens (primary N) is 1. The number of anilines is 1. The first-order chi connectivity index (χ1) is 14.1. The Bertz CT molecular complexity index is 818. The minimum atomic E-state index is 0. The zero-order valence-corrected chi connectivity index (χ0v) is 20.4. The molecule has 0 atom stereocenters. The number of rotatable bonds is 7. The normalized spacial score (nSPS) is 15.4. The molecule has 3 N–H and O–H groups in total. The molecule has 0 amide bonds. The van der Waals surface area contributed by atoms with Crippen LogP contribution in [0.4, 0.5) is 5.69 Å². The van der Waals surface area contributed by atoms with Crippen molar-refractivity contribution in [3.05, 3.63) is 53.6 Å². The highest BCUT2D eigenvalue weighted by molar-refractivity contribution is 14.0. The molecule has 0 aromatic heterocycles. The van der Waals surface area contributed by atoms with Crippen LogP contribution < -0.4 is 20.5 Å². The molecule has 1 fully saturated rings. The fourth-order valence-electron chi connectivity index (χ4n) is 3.51. The second-order valence-electron chi connectivity index (χ2n) is 7.67. The fourth-order valence-corrected chi connectivity index (χ4v) is 3.51. The third kappa shape index (κ3) is 7.05. The molecule has 1 aliphatic heterocycles. The van der Waals surface area contributed by atoms with Crippen molar-refractivity contribution in [2.75, 3.05) is 32.6 Å². The molecule has 1 heterocycles. The Hall–Kier alpha value is -2.00. The lowest BCUT2D eigenvalue weighted by molar-refractivity contribution is 0.185. The molecular weight excluding hydrogens is 491 g/mol. The second kappa shape index (κ2) is 12.0. The summed E-state index contributed by atoms with van der Waals surface area (Å²) in [6.07, 6.45) is 2.61. The van der Waals surface area contributed by atoms with Gasteiger partial charge < -0.3 is 20.5 Å². The maximum Gasteiger partial charge on any atom is 0.193 e. The van der Waals surface area contributed by atoms with Gasteiger partial charge in [0.15, 0.2) is 17.5 Å². The number of benzene rings is 2. The van der Waals surface area contributed by atoms with Crippen molar-refractivity contribution in [1.29, 1.82) is 0 Å². The summed E-state index contributed by atoms with van der Waals surface area (Å²) in [5.74, 6) is 2.55. The molecule has 0 aliphatic carbocycles. The lowest BCUT2D eigenvalue weighted by atomic mass is 9.99. The molecule has 2 aromatic rings. The van der Waals surface area contributed by atoms with Crippen LogP contribution in [-0.4, -0.2) is 38.2 Å². The summed E-state index contributed by atoms with van der Waals surface area (Å²) in [6, 6.07) is 14.2. The average molecular weight is 524 g/mol. The summed E-state index contributed by atoms with van der Waals surface area (Å²) in [4.78, 5) is 6.98. The molecular formula is C23H33IN4O2. The smallest absolute Gasteiger partial charge is 0.193 e. The largest absolute Gasteiger partial charge is 0.493 e. The van der Waals surface area contributed by atoms with Crippen molar-refractivity contribution in [2.45, 2.75) is 32.9 Å². The van der Waals surface area contributed by atoms with Gasteiger partial charge in [-0.1, -0.05) is 31.2 Å². The number of hydrogen-bond acceptors (Lipinski definition) is 4. The highest BCUT2D eigenvalue weighted by Gasteiger charge is 2.15. The van der Waals surface area contributed by atoms with Crippen molar-refractivity contribution in [2.24, 2.45) is 16.6 Å². The van der Waals surface area contributed by atoms with E-state index in [1.807, 2.05) is 18.2 Å². The summed E-state index contributed by atoms with van der Waals surface area (Å²) in [5.41, 5.74) is 9.33. The summed E-state index contributed by atoms with van der Waals surface area (Å²) in [6.45, 7) is 6.31. The van der Waals surface area contributed by atoms with E-state index in [4.69, 9.17) is 15.2 Å². The Labute approximate surface area is 196 Å². The molecule has 0 spiro atoms. The number of nitrogens with one attached hydrogen (secondary N) is 1. The molecule has 0 unspecified atom stereocenters. The number of nitrogens with zero attached hydrogens (tertiary/aromatic N) is 2. The first kappa shape index (κ1) is 24.3. The summed E-state index contributed by atoms with van der Waals surface area (Å²) < 4.78 is 10.6. The summed E-state index contributed by atoms with van der Waals surface area (Å²) >= 11 is 0. The van der Waals surface area contributed by atoms with Crippen molar-refractivity contribution < 1.29 is 9.47 Å². The Morgan fingerprint density at radius 1 is 1.03 bits per heavy atom. The van der Waals surface area contributed by atoms with E-state index in [1.165, 1.54) is 31.5 Å². The Morgan fingerprint density at radius 3 is 2.30 bits per heavy atom. The minimum absolute atomic E-state index is 0. The zero-order chi connectivity index (χ0) is 20.6. The van der Waals surface area contributed by atoms with Gasteiger partial charge in [0.1, 0.15) is 0 Å². The summed E-state index contributed by atoms with van der Waals surface area (Å²) in [5, 5.41) is 3.09. The molecule has 0 saturated carbocycles. The molecule has 3 rings (SSSR count). The van der Waals surface area contributed by atoms with Gasteiger partial charge in [-0.25, -0.2) is 4.99 Å². The third-order valence-corrected chi connectivity index (χ3v) is 5.39. The Kier molecular flexibility index (Phi) is 9.71. The van der Waals surface area contributed by atoms with Crippen LogP contribution in [0, 0.1) is 5.92 Å². The monoisotopic (exact) mass is 524 g/mol. The van der Waals surface area contributed by atoms with Crippen LogP contribution in [0.5, 0.6) is 11.5 Å². The van der Waals surface area contributed by atoms with Crippen molar-refractivity contribution in [3.8, 4) is 11.5 Å². The van der Waals surface area contributed by atoms with Crippen LogP contribution in [0.3, 0.4) is 0 Å². The molecule has 1 aliphatic rings. The molecule has 0 radical (unpaired) electrons. The number of guanidine groups is 1. The van der Waals surface area contributed by atoms with Gasteiger partial charge in [-0.15, -0.1) is 24.0 Å². The zero-order valence-electron chi connectivity index (χ0n) is 18.1. The molecule has 0 bridgehead atoms. The average Bonchev–Trinajstić information content (AvgIpc) is 2.74. The van der Waals surface area contributed by atoms with Gasteiger partial charge in [0.05, 0.1) is 20.8 Å². The number of piperidine rings is 1. The number of hydrogen-bond donors (Lipinski definition) is 2. The van der Waals surface area contributed by atoms with Gasteiger partial charge in [0, 0.05) is 18.3 Å². The highest BCUT2D eigenvalue weighted by atomic mass is 127. The standard InChI is InChI=1S/C23H32N4O2.HI/c1-17-10-12-27(13-11-17)16-19-6-4-18(5-7-19)15-25-23(24)26-20-8-9-21(28-2)22(14-20)29-3;/h4-9,14,17H,10-13,15-16H2,1-3H3,(H3,24,25,26);1H. The van der Waals surface area contributed by atoms with Crippen LogP contribution in [0.1, 0.15) is 30.9 Å². The van der Waals surface area contributed by atoms with Gasteiger partial charge in [0.2, 0.25) is 0 Å². The lowest BCUT2D eigenvalue weighted by Gasteiger charge is -2.30. The van der Waals surface area contributed by atoms with E-state index in [0.717, 1.165) is 23.7 Å². The molecule has 164 valence electrons. The van der Waals surface area contributed by atoms with E-state index in [2.05, 4.69) is 46.4 Å². The van der Waals surface area contributed by atoms with Crippen LogP contribution >= 0.6 is 24.0 Å². The van der Waals surface area contributed by atoms with E-state index in [9.17, 15) is 0 Å². The third-order valence-electron chi connectivity index (χ3n) is 5.39. The van der Waals surface area contributed by atoms with Gasteiger partial charge in [-0.3, -0.25) is 4.90 Å². The van der Waals surface area contributed by atoms with Crippen LogP contribution in [0.2, 0.25) is 0 Å². The molecule has 1 saturated heterocycles. The number of ether oxygens (including phenoxy) is 2. The van der Waals surface area contributed by atoms with Crippen LogP contribution in [0.15, 0.2) is 47.5 Å². The van der Waals surface area contributed by atoms with Gasteiger partial charge >= 0.3 is 0 Å². The number of likely N-dealkylation sites (tertiary alicyclic amines) is 1. The quantitative estimate of drug-likeness (QED) is 0.318. The summed E-state index contributed by atoms with van der Waals surface area (Å²) in [7, 11) is 3.22. The number of aliphatic imine (C=N–C) groups is 1. The first-order valence-corrected chi connectivity index (χ1v) is 10.2. The topological polar surface area (TPSA) is 72.1 Å². The minimum Gasteiger partial charge on any atom is -0.493 e.